The number of carbonyl (C=O) groups excluding carboxylic acids is 4. The Hall–Kier alpha value is -6.16. The molecule has 2 atom stereocenters. The normalized spacial score (nSPS) is 12.1. The number of anilines is 3. The summed E-state index contributed by atoms with van der Waals surface area (Å²) in [6.45, 7) is 1.79. The number of carboxylic acid groups (broad SMARTS) is 2. The number of halogens is 1. The molecule has 0 fully saturated rings. The number of ketones is 1. The van der Waals surface area contributed by atoms with E-state index in [9.17, 15) is 38.3 Å². The lowest BCUT2D eigenvalue weighted by Crippen LogP contribution is -2.49. The Morgan fingerprint density at radius 2 is 1.58 bits per heavy atom. The first kappa shape index (κ1) is 39.6. The fourth-order valence-electron chi connectivity index (χ4n) is 5.68. The van der Waals surface area contributed by atoms with Crippen LogP contribution in [0.1, 0.15) is 68.1 Å². The lowest BCUT2D eigenvalue weighted by atomic mass is 10.0. The van der Waals surface area contributed by atoms with Gasteiger partial charge in [0.15, 0.2) is 5.82 Å². The largest absolute Gasteiger partial charge is 0.481 e. The molecule has 1 heterocycles. The second-order valence-electron chi connectivity index (χ2n) is 12.6. The number of carboxylic acids is 2. The van der Waals surface area contributed by atoms with Gasteiger partial charge in [0.2, 0.25) is 11.8 Å². The number of aromatic nitrogens is 2. The molecule has 4 rings (SSSR count). The van der Waals surface area contributed by atoms with Gasteiger partial charge < -0.3 is 37.6 Å². The van der Waals surface area contributed by atoms with Crippen molar-refractivity contribution in [2.24, 2.45) is 5.73 Å². The van der Waals surface area contributed by atoms with Gasteiger partial charge in [0.25, 0.3) is 0 Å². The predicted octanol–water partition coefficient (Wildman–Crippen LogP) is 5.08. The highest BCUT2D eigenvalue weighted by Crippen LogP contribution is 2.33. The molecule has 0 aliphatic rings. The first-order chi connectivity index (χ1) is 25.2. The number of nitrogens with two attached hydrogens (primary N) is 2. The molecular formula is C37H42FN7O8. The molecule has 0 saturated carbocycles. The van der Waals surface area contributed by atoms with Crippen LogP contribution < -0.4 is 27.4 Å². The van der Waals surface area contributed by atoms with E-state index in [0.29, 0.717) is 42.3 Å². The SMILES string of the molecule is Cc1ccc(F)c(NC(=O)Nc2ccc(-c3cccc4c3c(N)nn4C(=O)CCCCCCC(=O)C[C@H](N)C(=O)N[C@@H](CCC(=O)O)C(=O)O)cc2)c1. The van der Waals surface area contributed by atoms with Crippen molar-refractivity contribution in [1.82, 2.24) is 15.1 Å². The van der Waals surface area contributed by atoms with Gasteiger partial charge in [0.05, 0.1) is 22.6 Å². The van der Waals surface area contributed by atoms with Crippen LogP contribution in [0.25, 0.3) is 22.0 Å². The summed E-state index contributed by atoms with van der Waals surface area (Å²) >= 11 is 0. The van der Waals surface area contributed by atoms with Crippen LogP contribution in [0.4, 0.5) is 26.4 Å². The second-order valence-corrected chi connectivity index (χ2v) is 12.6. The molecular weight excluding hydrogens is 689 g/mol. The zero-order valence-corrected chi connectivity index (χ0v) is 29.1. The Kier molecular flexibility index (Phi) is 13.7. The van der Waals surface area contributed by atoms with Crippen LogP contribution in [0.3, 0.4) is 0 Å². The van der Waals surface area contributed by atoms with E-state index in [-0.39, 0.29) is 48.9 Å². The molecule has 0 unspecified atom stereocenters. The Balaban J connectivity index is 1.24. The fourth-order valence-corrected chi connectivity index (χ4v) is 5.68. The van der Waals surface area contributed by atoms with Gasteiger partial charge >= 0.3 is 18.0 Å². The number of benzene rings is 3. The van der Waals surface area contributed by atoms with Crippen molar-refractivity contribution in [2.45, 2.75) is 76.8 Å². The molecule has 1 aromatic heterocycles. The number of aryl methyl sites for hydroxylation is 1. The van der Waals surface area contributed by atoms with Crippen molar-refractivity contribution in [2.75, 3.05) is 16.4 Å². The highest BCUT2D eigenvalue weighted by atomic mass is 19.1. The molecule has 0 spiro atoms. The Morgan fingerprint density at radius 3 is 2.26 bits per heavy atom. The van der Waals surface area contributed by atoms with Crippen molar-refractivity contribution in [1.29, 1.82) is 0 Å². The number of carbonyl (C=O) groups is 6. The van der Waals surface area contributed by atoms with Gasteiger partial charge in [0.1, 0.15) is 17.6 Å². The number of nitrogens with one attached hydrogen (secondary N) is 3. The van der Waals surface area contributed by atoms with Crippen LogP contribution in [0.2, 0.25) is 0 Å². The van der Waals surface area contributed by atoms with Crippen molar-refractivity contribution >= 4 is 63.7 Å². The standard InChI is InChI=1S/C37H42FN7O8/c1-21-11-16-26(38)29(19-21)43-37(53)41-23-14-12-22(13-15-23)25-8-6-9-30-33(25)34(40)44-45(30)31(47)10-5-3-2-4-7-24(46)20-27(39)35(50)42-28(36(51)52)17-18-32(48)49/h6,8-9,11-16,19,27-28H,2-5,7,10,17-18,20,39H2,1H3,(H2,40,44)(H,42,50)(H,48,49)(H,51,52)(H2,41,43,53)/t27-,28-/m0/s1. The zero-order valence-electron chi connectivity index (χ0n) is 29.1. The maximum absolute atomic E-state index is 14.0. The van der Waals surface area contributed by atoms with Gasteiger partial charge in [0, 0.05) is 31.4 Å². The van der Waals surface area contributed by atoms with Crippen molar-refractivity contribution in [3.05, 3.63) is 72.0 Å². The van der Waals surface area contributed by atoms with E-state index in [1.807, 2.05) is 6.07 Å². The Morgan fingerprint density at radius 1 is 0.887 bits per heavy atom. The molecule has 16 heteroatoms. The number of aliphatic carboxylic acids is 2. The molecule has 0 radical (unpaired) electrons. The van der Waals surface area contributed by atoms with Crippen LogP contribution in [0.5, 0.6) is 0 Å². The van der Waals surface area contributed by atoms with Crippen molar-refractivity contribution < 1.29 is 43.4 Å². The first-order valence-electron chi connectivity index (χ1n) is 17.0. The van der Waals surface area contributed by atoms with Crippen LogP contribution in [-0.2, 0) is 19.2 Å². The lowest BCUT2D eigenvalue weighted by molar-refractivity contribution is -0.143. The Labute approximate surface area is 303 Å². The summed E-state index contributed by atoms with van der Waals surface area (Å²) in [7, 11) is 0. The van der Waals surface area contributed by atoms with E-state index in [2.05, 4.69) is 21.0 Å². The average molecular weight is 732 g/mol. The predicted molar refractivity (Wildman–Crippen MR) is 196 cm³/mol. The number of Topliss-reactive ketones (excluding diaryl/α,β-unsaturated/α-hetero) is 1. The number of rotatable bonds is 18. The molecule has 53 heavy (non-hydrogen) atoms. The van der Waals surface area contributed by atoms with Crippen molar-refractivity contribution in [3.8, 4) is 11.1 Å². The van der Waals surface area contributed by atoms with E-state index in [4.69, 9.17) is 16.6 Å². The highest BCUT2D eigenvalue weighted by Gasteiger charge is 2.25. The van der Waals surface area contributed by atoms with E-state index in [1.54, 1.807) is 49.4 Å². The summed E-state index contributed by atoms with van der Waals surface area (Å²) in [6.07, 6.45) is 1.59. The smallest absolute Gasteiger partial charge is 0.326 e. The fraction of sp³-hybridized carbons (Fsp3) is 0.324. The van der Waals surface area contributed by atoms with Crippen LogP contribution in [-0.4, -0.2) is 67.6 Å². The zero-order chi connectivity index (χ0) is 38.7. The summed E-state index contributed by atoms with van der Waals surface area (Å²) in [5, 5.41) is 30.2. The van der Waals surface area contributed by atoms with Crippen LogP contribution >= 0.6 is 0 Å². The highest BCUT2D eigenvalue weighted by molar-refractivity contribution is 6.05. The maximum Gasteiger partial charge on any atom is 0.326 e. The molecule has 0 aliphatic heterocycles. The third-order valence-corrected chi connectivity index (χ3v) is 8.44. The van der Waals surface area contributed by atoms with Gasteiger partial charge in [-0.25, -0.2) is 14.0 Å². The molecule has 9 N–H and O–H groups in total. The summed E-state index contributed by atoms with van der Waals surface area (Å²) in [5.41, 5.74) is 15.4. The number of urea groups is 1. The van der Waals surface area contributed by atoms with E-state index >= 15 is 0 Å². The topological polar surface area (TPSA) is 249 Å². The molecule has 0 aliphatic carbocycles. The van der Waals surface area contributed by atoms with Gasteiger partial charge in [-0.1, -0.05) is 43.2 Å². The molecule has 0 bridgehead atoms. The summed E-state index contributed by atoms with van der Waals surface area (Å²) in [5.74, 6) is -4.35. The van der Waals surface area contributed by atoms with Crippen LogP contribution in [0.15, 0.2) is 60.7 Å². The maximum atomic E-state index is 14.0. The minimum absolute atomic E-state index is 0.0656. The number of amides is 3. The molecule has 15 nitrogen and oxygen atoms in total. The minimum atomic E-state index is -1.43. The number of hydrogen-bond acceptors (Lipinski definition) is 9. The molecule has 4 aromatic rings. The minimum Gasteiger partial charge on any atom is -0.481 e. The monoisotopic (exact) mass is 731 g/mol. The first-order valence-corrected chi connectivity index (χ1v) is 17.0. The quantitative estimate of drug-likeness (QED) is 0.0665. The molecule has 280 valence electrons. The van der Waals surface area contributed by atoms with E-state index < -0.39 is 48.2 Å². The Bertz CT molecular complexity index is 2000. The number of hydrogen-bond donors (Lipinski definition) is 7. The van der Waals surface area contributed by atoms with Gasteiger partial charge in [-0.15, -0.1) is 5.10 Å². The number of fused-ring (bicyclic) bond motifs is 1. The van der Waals surface area contributed by atoms with Crippen molar-refractivity contribution in [3.63, 3.8) is 0 Å². The van der Waals surface area contributed by atoms with E-state index in [1.165, 1.54) is 16.8 Å². The van der Waals surface area contributed by atoms with Gasteiger partial charge in [-0.05, 0) is 73.2 Å². The summed E-state index contributed by atoms with van der Waals surface area (Å²) < 4.78 is 15.3. The number of unbranched alkanes of at least 4 members (excludes halogenated alkanes) is 3. The summed E-state index contributed by atoms with van der Waals surface area (Å²) in [6, 6.07) is 13.4. The van der Waals surface area contributed by atoms with Gasteiger partial charge in [-0.3, -0.25) is 19.2 Å². The number of nitrogen functional groups attached to an aromatic ring is 1. The van der Waals surface area contributed by atoms with Gasteiger partial charge in [-0.2, -0.15) is 4.68 Å². The number of nitrogens with zero attached hydrogens (tertiary/aromatic N) is 2. The van der Waals surface area contributed by atoms with E-state index in [0.717, 1.165) is 16.7 Å². The molecule has 0 saturated heterocycles. The average Bonchev–Trinajstić information content (AvgIpc) is 3.46. The van der Waals surface area contributed by atoms with Crippen LogP contribution in [0, 0.1) is 12.7 Å². The third-order valence-electron chi connectivity index (χ3n) is 8.44. The summed E-state index contributed by atoms with van der Waals surface area (Å²) in [4.78, 5) is 72.2. The second kappa shape index (κ2) is 18.4. The molecule has 3 amide bonds. The lowest BCUT2D eigenvalue weighted by Gasteiger charge is -2.17. The third kappa shape index (κ3) is 11.2. The molecule has 3 aromatic carbocycles.